The molecule has 3 rings (SSSR count). The van der Waals surface area contributed by atoms with Gasteiger partial charge < -0.3 is 15.8 Å². The molecule has 32 heavy (non-hydrogen) atoms. The van der Waals surface area contributed by atoms with Crippen LogP contribution in [0.15, 0.2) is 53.4 Å². The second-order valence-corrected chi connectivity index (χ2v) is 9.75. The van der Waals surface area contributed by atoms with E-state index in [1.54, 1.807) is 19.2 Å². The summed E-state index contributed by atoms with van der Waals surface area (Å²) in [4.78, 5) is 12.9. The van der Waals surface area contributed by atoms with Gasteiger partial charge in [-0.2, -0.15) is 34.6 Å². The topological polar surface area (TPSA) is 102 Å². The zero-order chi connectivity index (χ0) is 22.3. The van der Waals surface area contributed by atoms with Crippen molar-refractivity contribution >= 4 is 15.9 Å². The molecule has 171 valence electrons. The van der Waals surface area contributed by atoms with E-state index >= 15 is 0 Å². The number of hydrogen-bond donors (Lipinski definition) is 2. The minimum atomic E-state index is -3.84. The second kappa shape index (κ2) is 12.8. The number of hydrogen-bond acceptors (Lipinski definition) is 5. The number of nitrogens with one attached hydrogen (secondary N) is 1. The fourth-order valence-electron chi connectivity index (χ4n) is 3.83. The summed E-state index contributed by atoms with van der Waals surface area (Å²) < 4.78 is 33.1. The van der Waals surface area contributed by atoms with Gasteiger partial charge in [-0.1, -0.05) is 18.2 Å². The van der Waals surface area contributed by atoms with E-state index in [0.717, 1.165) is 31.2 Å². The summed E-state index contributed by atoms with van der Waals surface area (Å²) in [5.41, 5.74) is 6.82. The standard InChI is InChI=1S/C23H30N3O4S.Y/c1-30-22-10-6-5-7-18(22)15-16-26(31(28,29)21-8-3-2-4-9-21)17-23(27)25-20-13-11-19(24)12-14-20;/h3-10,19-20H,11-17,24H2,1H3,(H,25,27);/q-1;. The number of para-hydroxylation sites is 1. The minimum Gasteiger partial charge on any atom is -0.496 e. The number of sulfonamides is 1. The molecule has 0 bridgehead atoms. The molecule has 1 aliphatic carbocycles. The number of nitrogens with two attached hydrogens (primary N) is 1. The predicted octanol–water partition coefficient (Wildman–Crippen LogP) is 2.11. The van der Waals surface area contributed by atoms with Crippen LogP contribution in [0.1, 0.15) is 31.2 Å². The summed E-state index contributed by atoms with van der Waals surface area (Å²) in [6, 6.07) is 16.6. The van der Waals surface area contributed by atoms with Crippen molar-refractivity contribution in [1.82, 2.24) is 9.62 Å². The van der Waals surface area contributed by atoms with E-state index in [-0.39, 0.29) is 68.7 Å². The van der Waals surface area contributed by atoms with Crippen molar-refractivity contribution in [2.75, 3.05) is 20.2 Å². The third-order valence-electron chi connectivity index (χ3n) is 5.61. The van der Waals surface area contributed by atoms with Crippen LogP contribution in [0.25, 0.3) is 0 Å². The molecule has 0 aromatic heterocycles. The van der Waals surface area contributed by atoms with Crippen LogP contribution in [0.2, 0.25) is 0 Å². The third-order valence-corrected chi connectivity index (χ3v) is 7.46. The molecule has 0 atom stereocenters. The van der Waals surface area contributed by atoms with Gasteiger partial charge in [0.15, 0.2) is 0 Å². The summed E-state index contributed by atoms with van der Waals surface area (Å²) in [7, 11) is -2.26. The number of methoxy groups -OCH3 is 1. The Morgan fingerprint density at radius 2 is 1.81 bits per heavy atom. The van der Waals surface area contributed by atoms with Gasteiger partial charge in [-0.15, -0.1) is 0 Å². The van der Waals surface area contributed by atoms with Crippen LogP contribution in [0.3, 0.4) is 0 Å². The van der Waals surface area contributed by atoms with Crippen molar-refractivity contribution in [3.05, 3.63) is 60.2 Å². The van der Waals surface area contributed by atoms with Gasteiger partial charge in [0.2, 0.25) is 15.9 Å². The molecule has 1 amide bonds. The normalized spacial score (nSPS) is 18.6. The second-order valence-electron chi connectivity index (χ2n) is 7.82. The van der Waals surface area contributed by atoms with Crippen molar-refractivity contribution in [2.24, 2.45) is 5.73 Å². The monoisotopic (exact) mass is 533 g/mol. The Bertz CT molecular complexity index is 964. The number of rotatable bonds is 9. The summed E-state index contributed by atoms with van der Waals surface area (Å²) in [6.45, 7) is -0.0804. The molecule has 0 saturated heterocycles. The molecule has 0 spiro atoms. The summed E-state index contributed by atoms with van der Waals surface area (Å²) in [5, 5.41) is 2.98. The number of benzene rings is 2. The molecule has 9 heteroatoms. The number of ether oxygens (including phenoxy) is 1. The third kappa shape index (κ3) is 7.35. The molecule has 2 aromatic rings. The maximum Gasteiger partial charge on any atom is 0.235 e. The van der Waals surface area contributed by atoms with E-state index < -0.39 is 10.0 Å². The van der Waals surface area contributed by atoms with Crippen LogP contribution < -0.4 is 15.8 Å². The zero-order valence-corrected chi connectivity index (χ0v) is 22.0. The molecule has 0 aliphatic heterocycles. The quantitative estimate of drug-likeness (QED) is 0.481. The fraction of sp³-hybridized carbons (Fsp3) is 0.435. The molecule has 1 fully saturated rings. The van der Waals surface area contributed by atoms with E-state index in [0.29, 0.717) is 12.2 Å². The summed E-state index contributed by atoms with van der Waals surface area (Å²) in [5.74, 6) is 0.392. The summed E-state index contributed by atoms with van der Waals surface area (Å²) in [6.07, 6.45) is 3.78. The van der Waals surface area contributed by atoms with E-state index in [4.69, 9.17) is 10.5 Å². The Morgan fingerprint density at radius 1 is 1.16 bits per heavy atom. The molecular weight excluding hydrogens is 503 g/mol. The van der Waals surface area contributed by atoms with Crippen LogP contribution in [0, 0.1) is 6.07 Å². The Morgan fingerprint density at radius 3 is 2.47 bits per heavy atom. The SMILES string of the molecule is COc1ccccc1CCN(CC(=O)NC1CCC(N)CC1)S(=O)(=O)c1cc[c-]cc1.[Y]. The van der Waals surface area contributed by atoms with Crippen molar-refractivity contribution < 1.29 is 50.7 Å². The van der Waals surface area contributed by atoms with Crippen molar-refractivity contribution in [3.8, 4) is 5.75 Å². The Labute approximate surface area is 216 Å². The fourth-order valence-corrected chi connectivity index (χ4v) is 5.23. The van der Waals surface area contributed by atoms with E-state index in [1.165, 1.54) is 16.4 Å². The zero-order valence-electron chi connectivity index (χ0n) is 18.4. The largest absolute Gasteiger partial charge is 0.496 e. The van der Waals surface area contributed by atoms with Crippen LogP contribution in [0.5, 0.6) is 5.75 Å². The van der Waals surface area contributed by atoms with Gasteiger partial charge in [0.1, 0.15) is 5.75 Å². The van der Waals surface area contributed by atoms with E-state index in [1.807, 2.05) is 24.3 Å². The molecule has 0 unspecified atom stereocenters. The van der Waals surface area contributed by atoms with E-state index in [2.05, 4.69) is 11.4 Å². The molecule has 7 nitrogen and oxygen atoms in total. The van der Waals surface area contributed by atoms with Crippen LogP contribution in [-0.2, 0) is 53.9 Å². The van der Waals surface area contributed by atoms with Gasteiger partial charge in [-0.05, 0) is 48.6 Å². The average Bonchev–Trinajstić information content (AvgIpc) is 2.79. The van der Waals surface area contributed by atoms with Gasteiger partial charge in [-0.3, -0.25) is 4.79 Å². The molecule has 1 aliphatic rings. The van der Waals surface area contributed by atoms with Gasteiger partial charge in [0, 0.05) is 51.3 Å². The molecular formula is C23H30N3O4SY-. The first-order chi connectivity index (χ1) is 14.9. The molecule has 0 heterocycles. The number of carbonyl (C=O) groups excluding carboxylic acids is 1. The van der Waals surface area contributed by atoms with Gasteiger partial charge in [-0.25, -0.2) is 8.42 Å². The van der Waals surface area contributed by atoms with E-state index in [9.17, 15) is 13.2 Å². The number of amides is 1. The minimum absolute atomic E-state index is 0. The first-order valence-corrected chi connectivity index (χ1v) is 12.0. The Balaban J connectivity index is 0.00000363. The molecule has 2 aromatic carbocycles. The smallest absolute Gasteiger partial charge is 0.235 e. The number of nitrogens with zero attached hydrogens (tertiary/aromatic N) is 1. The van der Waals surface area contributed by atoms with Gasteiger partial charge in [0.25, 0.3) is 0 Å². The van der Waals surface area contributed by atoms with Crippen LogP contribution in [-0.4, -0.2) is 50.9 Å². The molecule has 3 N–H and O–H groups in total. The maximum absolute atomic E-state index is 13.3. The van der Waals surface area contributed by atoms with Gasteiger partial charge >= 0.3 is 0 Å². The van der Waals surface area contributed by atoms with Gasteiger partial charge in [0.05, 0.1) is 13.7 Å². The first-order valence-electron chi connectivity index (χ1n) is 10.5. The maximum atomic E-state index is 13.3. The average molecular weight is 533 g/mol. The molecule has 1 saturated carbocycles. The summed E-state index contributed by atoms with van der Waals surface area (Å²) >= 11 is 0. The van der Waals surface area contributed by atoms with Crippen molar-refractivity contribution in [1.29, 1.82) is 0 Å². The number of carbonyl (C=O) groups is 1. The Kier molecular flexibility index (Phi) is 10.8. The van der Waals surface area contributed by atoms with Crippen molar-refractivity contribution in [2.45, 2.75) is 49.1 Å². The Hall–Kier alpha value is -1.32. The first kappa shape index (κ1) is 26.9. The predicted molar refractivity (Wildman–Crippen MR) is 119 cm³/mol. The van der Waals surface area contributed by atoms with Crippen LogP contribution >= 0.6 is 0 Å². The van der Waals surface area contributed by atoms with Crippen LogP contribution in [0.4, 0.5) is 0 Å². The molecule has 1 radical (unpaired) electrons. The van der Waals surface area contributed by atoms with Crippen molar-refractivity contribution in [3.63, 3.8) is 0 Å².